The van der Waals surface area contributed by atoms with Gasteiger partial charge in [-0.15, -0.1) is 0 Å². The molecule has 0 bridgehead atoms. The number of piperidine rings is 1. The number of likely N-dealkylation sites (tertiary alicyclic amines) is 1. The number of aromatic nitrogens is 1. The third-order valence-electron chi connectivity index (χ3n) is 5.40. The molecule has 1 saturated heterocycles. The first kappa shape index (κ1) is 19.2. The van der Waals surface area contributed by atoms with E-state index < -0.39 is 5.97 Å². The topological polar surface area (TPSA) is 53.4 Å². The Morgan fingerprint density at radius 1 is 1.14 bits per heavy atom. The highest BCUT2D eigenvalue weighted by Crippen LogP contribution is 2.37. The molecule has 1 aromatic heterocycles. The van der Waals surface area contributed by atoms with Crippen molar-refractivity contribution in [3.8, 4) is 0 Å². The van der Waals surface area contributed by atoms with Crippen LogP contribution in [0.5, 0.6) is 0 Å². The Morgan fingerprint density at radius 2 is 1.96 bits per heavy atom. The van der Waals surface area contributed by atoms with Gasteiger partial charge in [0.2, 0.25) is 0 Å². The van der Waals surface area contributed by atoms with Crippen LogP contribution in [-0.4, -0.2) is 34.0 Å². The lowest BCUT2D eigenvalue weighted by molar-refractivity contribution is -0.143. The minimum atomic E-state index is -0.739. The Labute approximate surface area is 173 Å². The van der Waals surface area contributed by atoms with E-state index in [0.29, 0.717) is 23.0 Å². The molecule has 0 amide bonds. The molecule has 1 N–H and O–H groups in total. The van der Waals surface area contributed by atoms with Crippen LogP contribution in [0.2, 0.25) is 10.0 Å². The average Bonchev–Trinajstić information content (AvgIpc) is 2.71. The van der Waals surface area contributed by atoms with Crippen molar-refractivity contribution in [2.24, 2.45) is 5.92 Å². The number of carboxylic acids is 1. The molecule has 2 atom stereocenters. The summed E-state index contributed by atoms with van der Waals surface area (Å²) in [5.41, 5.74) is 3.00. The van der Waals surface area contributed by atoms with Crippen molar-refractivity contribution in [3.63, 3.8) is 0 Å². The number of rotatable bonds is 4. The van der Waals surface area contributed by atoms with Crippen LogP contribution in [0.3, 0.4) is 0 Å². The number of para-hydroxylation sites is 1. The third kappa shape index (κ3) is 3.72. The molecule has 0 spiro atoms. The number of nitrogens with zero attached hydrogens (tertiary/aromatic N) is 2. The number of halogens is 2. The molecule has 2 aromatic carbocycles. The fourth-order valence-corrected chi connectivity index (χ4v) is 4.37. The van der Waals surface area contributed by atoms with Crippen LogP contribution in [0.15, 0.2) is 54.7 Å². The Kier molecular flexibility index (Phi) is 5.54. The highest BCUT2D eigenvalue weighted by atomic mass is 35.5. The Balaban J connectivity index is 1.86. The zero-order valence-corrected chi connectivity index (χ0v) is 16.7. The Hall–Kier alpha value is -2.14. The van der Waals surface area contributed by atoms with Gasteiger partial charge in [0.05, 0.1) is 27.5 Å². The van der Waals surface area contributed by atoms with Crippen molar-refractivity contribution in [3.05, 3.63) is 75.9 Å². The molecule has 6 heteroatoms. The molecule has 4 nitrogen and oxygen atoms in total. The van der Waals surface area contributed by atoms with Gasteiger partial charge < -0.3 is 5.11 Å². The van der Waals surface area contributed by atoms with E-state index in [1.165, 1.54) is 0 Å². The predicted octanol–water partition coefficient (Wildman–Crippen LogP) is 5.43. The van der Waals surface area contributed by atoms with E-state index in [0.717, 1.165) is 35.0 Å². The molecule has 3 aromatic rings. The Morgan fingerprint density at radius 3 is 2.75 bits per heavy atom. The molecular formula is C22H20Cl2N2O2. The van der Waals surface area contributed by atoms with Gasteiger partial charge in [-0.1, -0.05) is 47.5 Å². The molecule has 1 fully saturated rings. The summed E-state index contributed by atoms with van der Waals surface area (Å²) in [6, 6.07) is 15.6. The molecule has 0 aliphatic carbocycles. The average molecular weight is 415 g/mol. The van der Waals surface area contributed by atoms with E-state index in [4.69, 9.17) is 23.2 Å². The van der Waals surface area contributed by atoms with Gasteiger partial charge in [0.15, 0.2) is 0 Å². The SMILES string of the molecule is O=C(O)C1CCCN(C(c2ccc(Cl)c(Cl)c2)c2ccnc3ccccc23)C1. The van der Waals surface area contributed by atoms with Crippen molar-refractivity contribution in [1.82, 2.24) is 9.88 Å². The summed E-state index contributed by atoms with van der Waals surface area (Å²) in [5.74, 6) is -1.11. The van der Waals surface area contributed by atoms with Gasteiger partial charge in [-0.3, -0.25) is 14.7 Å². The van der Waals surface area contributed by atoms with Crippen LogP contribution in [0.4, 0.5) is 0 Å². The van der Waals surface area contributed by atoms with E-state index in [1.54, 1.807) is 12.3 Å². The van der Waals surface area contributed by atoms with E-state index >= 15 is 0 Å². The first-order valence-corrected chi connectivity index (χ1v) is 10.1. The largest absolute Gasteiger partial charge is 0.481 e. The minimum absolute atomic E-state index is 0.121. The van der Waals surface area contributed by atoms with E-state index in [9.17, 15) is 9.90 Å². The Bertz CT molecular complexity index is 1020. The first-order valence-electron chi connectivity index (χ1n) is 9.30. The van der Waals surface area contributed by atoms with E-state index in [1.807, 2.05) is 36.4 Å². The summed E-state index contributed by atoms with van der Waals surface area (Å²) in [6.07, 6.45) is 3.36. The molecule has 4 rings (SSSR count). The summed E-state index contributed by atoms with van der Waals surface area (Å²) in [4.78, 5) is 18.3. The van der Waals surface area contributed by atoms with Crippen LogP contribution in [0, 0.1) is 5.92 Å². The van der Waals surface area contributed by atoms with Gasteiger partial charge in [-0.25, -0.2) is 0 Å². The maximum Gasteiger partial charge on any atom is 0.307 e. The lowest BCUT2D eigenvalue weighted by Gasteiger charge is -2.38. The van der Waals surface area contributed by atoms with Crippen molar-refractivity contribution < 1.29 is 9.90 Å². The third-order valence-corrected chi connectivity index (χ3v) is 6.14. The molecular weight excluding hydrogens is 395 g/mol. The molecule has 2 heterocycles. The second-order valence-corrected chi connectivity index (χ2v) is 7.98. The first-order chi connectivity index (χ1) is 13.5. The normalized spacial score (nSPS) is 18.9. The quantitative estimate of drug-likeness (QED) is 0.618. The van der Waals surface area contributed by atoms with Gasteiger partial charge >= 0.3 is 5.97 Å². The van der Waals surface area contributed by atoms with Crippen LogP contribution < -0.4 is 0 Å². The summed E-state index contributed by atoms with van der Waals surface area (Å²) in [7, 11) is 0. The number of pyridine rings is 1. The van der Waals surface area contributed by atoms with E-state index in [2.05, 4.69) is 16.0 Å². The van der Waals surface area contributed by atoms with Gasteiger partial charge in [-0.05, 0) is 54.8 Å². The lowest BCUT2D eigenvalue weighted by Crippen LogP contribution is -2.41. The highest BCUT2D eigenvalue weighted by Gasteiger charge is 2.32. The van der Waals surface area contributed by atoms with Crippen LogP contribution in [0.1, 0.15) is 30.0 Å². The number of benzene rings is 2. The van der Waals surface area contributed by atoms with Gasteiger partial charge in [-0.2, -0.15) is 0 Å². The fourth-order valence-electron chi connectivity index (χ4n) is 4.07. The number of fused-ring (bicyclic) bond motifs is 1. The van der Waals surface area contributed by atoms with Crippen molar-refractivity contribution in [2.75, 3.05) is 13.1 Å². The van der Waals surface area contributed by atoms with Crippen molar-refractivity contribution in [2.45, 2.75) is 18.9 Å². The highest BCUT2D eigenvalue weighted by molar-refractivity contribution is 6.42. The van der Waals surface area contributed by atoms with Crippen LogP contribution >= 0.6 is 23.2 Å². The second kappa shape index (κ2) is 8.08. The summed E-state index contributed by atoms with van der Waals surface area (Å²) < 4.78 is 0. The van der Waals surface area contributed by atoms with Crippen molar-refractivity contribution >= 4 is 40.1 Å². The second-order valence-electron chi connectivity index (χ2n) is 7.17. The van der Waals surface area contributed by atoms with Crippen LogP contribution in [-0.2, 0) is 4.79 Å². The summed E-state index contributed by atoms with van der Waals surface area (Å²) in [6.45, 7) is 1.32. The predicted molar refractivity (Wildman–Crippen MR) is 112 cm³/mol. The maximum atomic E-state index is 11.6. The number of hydrogen-bond acceptors (Lipinski definition) is 3. The molecule has 2 unspecified atom stereocenters. The van der Waals surface area contributed by atoms with Gasteiger partial charge in [0.1, 0.15) is 0 Å². The minimum Gasteiger partial charge on any atom is -0.481 e. The molecule has 144 valence electrons. The number of aliphatic carboxylic acids is 1. The fraction of sp³-hybridized carbons (Fsp3) is 0.273. The molecule has 0 saturated carbocycles. The maximum absolute atomic E-state index is 11.6. The lowest BCUT2D eigenvalue weighted by atomic mass is 9.90. The molecule has 1 aliphatic heterocycles. The monoisotopic (exact) mass is 414 g/mol. The number of carbonyl (C=O) groups is 1. The van der Waals surface area contributed by atoms with Gasteiger partial charge in [0, 0.05) is 18.1 Å². The van der Waals surface area contributed by atoms with Gasteiger partial charge in [0.25, 0.3) is 0 Å². The molecule has 28 heavy (non-hydrogen) atoms. The molecule has 1 aliphatic rings. The zero-order chi connectivity index (χ0) is 19.7. The zero-order valence-electron chi connectivity index (χ0n) is 15.2. The van der Waals surface area contributed by atoms with Crippen molar-refractivity contribution in [1.29, 1.82) is 0 Å². The van der Waals surface area contributed by atoms with E-state index in [-0.39, 0.29) is 12.0 Å². The standard InChI is InChI=1S/C22H20Cl2N2O2/c23-18-8-7-14(12-19(18)24)21(26-11-3-4-15(13-26)22(27)28)17-9-10-25-20-6-2-1-5-16(17)20/h1-2,5-10,12,15,21H,3-4,11,13H2,(H,27,28). The summed E-state index contributed by atoms with van der Waals surface area (Å²) in [5, 5.41) is 11.6. The summed E-state index contributed by atoms with van der Waals surface area (Å²) >= 11 is 12.5. The van der Waals surface area contributed by atoms with Crippen LogP contribution in [0.25, 0.3) is 10.9 Å². The smallest absolute Gasteiger partial charge is 0.307 e. The number of hydrogen-bond donors (Lipinski definition) is 1. The number of carboxylic acid groups (broad SMARTS) is 1. The molecule has 0 radical (unpaired) electrons.